The zero-order chi connectivity index (χ0) is 12.8. The lowest BCUT2D eigenvalue weighted by atomic mass is 9.89. The van der Waals surface area contributed by atoms with Gasteiger partial charge in [0, 0.05) is 32.8 Å². The summed E-state index contributed by atoms with van der Waals surface area (Å²) < 4.78 is 5.49. The van der Waals surface area contributed by atoms with Gasteiger partial charge in [0.2, 0.25) is 5.91 Å². The fourth-order valence-corrected chi connectivity index (χ4v) is 3.07. The van der Waals surface area contributed by atoms with Gasteiger partial charge in [0.1, 0.15) is 0 Å². The number of nitrogens with two attached hydrogens (primary N) is 1. The largest absolute Gasteiger partial charge is 0.381 e. The summed E-state index contributed by atoms with van der Waals surface area (Å²) >= 11 is 0. The Bertz CT molecular complexity index is 259. The molecule has 2 fully saturated rings. The highest BCUT2D eigenvalue weighted by atomic mass is 16.5. The van der Waals surface area contributed by atoms with E-state index in [1.165, 1.54) is 12.8 Å². The van der Waals surface area contributed by atoms with Crippen LogP contribution in [-0.4, -0.2) is 43.7 Å². The number of rotatable bonds is 4. The highest BCUT2D eigenvalue weighted by molar-refractivity contribution is 5.79. The molecule has 2 aliphatic rings. The number of amides is 1. The minimum atomic E-state index is 0.00907. The molecule has 2 atom stereocenters. The van der Waals surface area contributed by atoms with Crippen molar-refractivity contribution in [3.05, 3.63) is 0 Å². The van der Waals surface area contributed by atoms with Crippen LogP contribution in [0.15, 0.2) is 0 Å². The molecule has 0 aromatic heterocycles. The molecule has 2 heterocycles. The maximum atomic E-state index is 12.4. The maximum absolute atomic E-state index is 12.4. The minimum absolute atomic E-state index is 0.00907. The van der Waals surface area contributed by atoms with Crippen LogP contribution in [0.1, 0.15) is 38.5 Å². The van der Waals surface area contributed by atoms with Crippen LogP contribution in [-0.2, 0) is 9.53 Å². The van der Waals surface area contributed by atoms with Crippen molar-refractivity contribution in [3.8, 4) is 0 Å². The topological polar surface area (TPSA) is 55.6 Å². The number of piperidine rings is 1. The lowest BCUT2D eigenvalue weighted by Crippen LogP contribution is -2.43. The molecule has 0 aromatic rings. The maximum Gasteiger partial charge on any atom is 0.226 e. The van der Waals surface area contributed by atoms with E-state index >= 15 is 0 Å². The van der Waals surface area contributed by atoms with Gasteiger partial charge in [0.15, 0.2) is 0 Å². The van der Waals surface area contributed by atoms with E-state index in [0.29, 0.717) is 12.5 Å². The quantitative estimate of drug-likeness (QED) is 0.825. The van der Waals surface area contributed by atoms with Crippen molar-refractivity contribution in [1.29, 1.82) is 0 Å². The molecule has 18 heavy (non-hydrogen) atoms. The number of likely N-dealkylation sites (tertiary alicyclic amines) is 1. The highest BCUT2D eigenvalue weighted by Crippen LogP contribution is 2.23. The molecule has 104 valence electrons. The first-order valence-electron chi connectivity index (χ1n) is 7.38. The van der Waals surface area contributed by atoms with Gasteiger partial charge in [-0.1, -0.05) is 0 Å². The molecule has 0 radical (unpaired) electrons. The molecule has 2 rings (SSSR count). The lowest BCUT2D eigenvalue weighted by molar-refractivity contribution is -0.137. The van der Waals surface area contributed by atoms with Gasteiger partial charge in [-0.25, -0.2) is 0 Å². The van der Waals surface area contributed by atoms with Crippen molar-refractivity contribution >= 4 is 5.91 Å². The second-order valence-electron chi connectivity index (χ2n) is 5.64. The highest BCUT2D eigenvalue weighted by Gasteiger charge is 2.27. The van der Waals surface area contributed by atoms with Gasteiger partial charge in [-0.15, -0.1) is 0 Å². The van der Waals surface area contributed by atoms with Crippen molar-refractivity contribution in [3.63, 3.8) is 0 Å². The third-order valence-electron chi connectivity index (χ3n) is 4.17. The normalized spacial score (nSPS) is 26.9. The Hall–Kier alpha value is -0.610. The van der Waals surface area contributed by atoms with Gasteiger partial charge in [0.05, 0.1) is 5.92 Å². The predicted octanol–water partition coefficient (Wildman–Crippen LogP) is 1.39. The average molecular weight is 254 g/mol. The van der Waals surface area contributed by atoms with Crippen molar-refractivity contribution in [2.45, 2.75) is 38.5 Å². The van der Waals surface area contributed by atoms with Gasteiger partial charge >= 0.3 is 0 Å². The molecule has 1 amide bonds. The summed E-state index contributed by atoms with van der Waals surface area (Å²) in [6.07, 6.45) is 6.77. The predicted molar refractivity (Wildman–Crippen MR) is 71.1 cm³/mol. The Kier molecular flexibility index (Phi) is 5.45. The third kappa shape index (κ3) is 3.69. The van der Waals surface area contributed by atoms with E-state index in [-0.39, 0.29) is 11.8 Å². The van der Waals surface area contributed by atoms with Crippen molar-refractivity contribution in [2.75, 3.05) is 32.8 Å². The van der Waals surface area contributed by atoms with Crippen LogP contribution in [0.2, 0.25) is 0 Å². The SMILES string of the molecule is NCC(CC1CCCOC1)C(=O)N1CCCCC1. The van der Waals surface area contributed by atoms with Gasteiger partial charge in [-0.2, -0.15) is 0 Å². The number of carbonyl (C=O) groups excluding carboxylic acids is 1. The molecule has 4 heteroatoms. The van der Waals surface area contributed by atoms with E-state index < -0.39 is 0 Å². The smallest absolute Gasteiger partial charge is 0.226 e. The summed E-state index contributed by atoms with van der Waals surface area (Å²) in [7, 11) is 0. The lowest BCUT2D eigenvalue weighted by Gasteiger charge is -2.32. The van der Waals surface area contributed by atoms with Gasteiger partial charge in [-0.05, 0) is 44.4 Å². The second kappa shape index (κ2) is 7.10. The Balaban J connectivity index is 1.84. The van der Waals surface area contributed by atoms with E-state index in [9.17, 15) is 4.79 Å². The number of nitrogens with zero attached hydrogens (tertiary/aromatic N) is 1. The standard InChI is InChI=1S/C14H26N2O2/c15-10-13(9-12-5-4-8-18-11-12)14(17)16-6-2-1-3-7-16/h12-13H,1-11,15H2. The first kappa shape index (κ1) is 13.8. The molecule has 0 saturated carbocycles. The van der Waals surface area contributed by atoms with Crippen molar-refractivity contribution in [2.24, 2.45) is 17.6 Å². The van der Waals surface area contributed by atoms with Crippen LogP contribution in [0.5, 0.6) is 0 Å². The average Bonchev–Trinajstić information content (AvgIpc) is 2.46. The minimum Gasteiger partial charge on any atom is -0.381 e. The van der Waals surface area contributed by atoms with E-state index in [0.717, 1.165) is 52.0 Å². The summed E-state index contributed by atoms with van der Waals surface area (Å²) in [5, 5.41) is 0. The monoisotopic (exact) mass is 254 g/mol. The van der Waals surface area contributed by atoms with Crippen LogP contribution >= 0.6 is 0 Å². The zero-order valence-electron chi connectivity index (χ0n) is 11.3. The second-order valence-corrected chi connectivity index (χ2v) is 5.64. The van der Waals surface area contributed by atoms with E-state index in [1.807, 2.05) is 4.90 Å². The van der Waals surface area contributed by atoms with Gasteiger partial charge in [-0.3, -0.25) is 4.79 Å². The summed E-state index contributed by atoms with van der Waals surface area (Å²) in [4.78, 5) is 14.4. The zero-order valence-corrected chi connectivity index (χ0v) is 11.3. The molecule has 2 saturated heterocycles. The van der Waals surface area contributed by atoms with Gasteiger partial charge in [0.25, 0.3) is 0 Å². The summed E-state index contributed by atoms with van der Waals surface area (Å²) in [5.41, 5.74) is 5.81. The van der Waals surface area contributed by atoms with E-state index in [4.69, 9.17) is 10.5 Å². The molecule has 0 spiro atoms. The Morgan fingerprint density at radius 3 is 2.67 bits per heavy atom. The summed E-state index contributed by atoms with van der Waals surface area (Å²) in [6, 6.07) is 0. The number of hydrogen-bond acceptors (Lipinski definition) is 3. The van der Waals surface area contributed by atoms with E-state index in [2.05, 4.69) is 0 Å². The Morgan fingerprint density at radius 2 is 2.06 bits per heavy atom. The first-order chi connectivity index (χ1) is 8.81. The number of carbonyl (C=O) groups is 1. The van der Waals surface area contributed by atoms with Crippen molar-refractivity contribution in [1.82, 2.24) is 4.90 Å². The Labute approximate surface area is 110 Å². The fourth-order valence-electron chi connectivity index (χ4n) is 3.07. The first-order valence-corrected chi connectivity index (χ1v) is 7.38. The molecule has 0 aliphatic carbocycles. The fraction of sp³-hybridized carbons (Fsp3) is 0.929. The van der Waals surface area contributed by atoms with Crippen LogP contribution in [0.25, 0.3) is 0 Å². The molecule has 0 aromatic carbocycles. The molecular formula is C14H26N2O2. The van der Waals surface area contributed by atoms with Crippen LogP contribution < -0.4 is 5.73 Å². The van der Waals surface area contributed by atoms with E-state index in [1.54, 1.807) is 0 Å². The van der Waals surface area contributed by atoms with Crippen LogP contribution in [0.3, 0.4) is 0 Å². The van der Waals surface area contributed by atoms with Crippen molar-refractivity contribution < 1.29 is 9.53 Å². The molecule has 4 nitrogen and oxygen atoms in total. The van der Waals surface area contributed by atoms with Crippen LogP contribution in [0, 0.1) is 11.8 Å². The number of hydrogen-bond donors (Lipinski definition) is 1. The summed E-state index contributed by atoms with van der Waals surface area (Å²) in [5.74, 6) is 0.818. The third-order valence-corrected chi connectivity index (χ3v) is 4.17. The molecule has 2 unspecified atom stereocenters. The Morgan fingerprint density at radius 1 is 1.28 bits per heavy atom. The van der Waals surface area contributed by atoms with Crippen LogP contribution in [0.4, 0.5) is 0 Å². The molecule has 0 bridgehead atoms. The molecular weight excluding hydrogens is 228 g/mol. The number of ether oxygens (including phenoxy) is 1. The molecule has 2 aliphatic heterocycles. The van der Waals surface area contributed by atoms with Gasteiger partial charge < -0.3 is 15.4 Å². The summed E-state index contributed by atoms with van der Waals surface area (Å²) in [6.45, 7) is 4.02. The molecule has 2 N–H and O–H groups in total.